The largest absolute Gasteiger partial charge is 0.350 e. The Balaban J connectivity index is 2.15. The van der Waals surface area contributed by atoms with Gasteiger partial charge >= 0.3 is 0 Å². The number of benzene rings is 1. The summed E-state index contributed by atoms with van der Waals surface area (Å²) in [4.78, 5) is 11.8. The number of ketones is 1. The molecule has 0 bridgehead atoms. The molecule has 0 aromatic heterocycles. The van der Waals surface area contributed by atoms with Crippen LogP contribution < -0.4 is 0 Å². The van der Waals surface area contributed by atoms with Crippen LogP contribution in [0.3, 0.4) is 0 Å². The molecule has 1 heterocycles. The minimum atomic E-state index is -0.851. The van der Waals surface area contributed by atoms with Gasteiger partial charge < -0.3 is 9.47 Å². The molecule has 0 radical (unpaired) electrons. The summed E-state index contributed by atoms with van der Waals surface area (Å²) >= 11 is 0. The predicted octanol–water partition coefficient (Wildman–Crippen LogP) is 2.22. The second kappa shape index (κ2) is 4.89. The highest BCUT2D eigenvalue weighted by Gasteiger charge is 2.23. The summed E-state index contributed by atoms with van der Waals surface area (Å²) in [5, 5.41) is 0. The molecule has 1 fully saturated rings. The highest BCUT2D eigenvalue weighted by Crippen LogP contribution is 2.18. The molecule has 0 aliphatic carbocycles. The summed E-state index contributed by atoms with van der Waals surface area (Å²) < 4.78 is 36.6. The van der Waals surface area contributed by atoms with E-state index in [0.717, 1.165) is 6.07 Å². The normalized spacial score (nSPS) is 16.4. The van der Waals surface area contributed by atoms with Gasteiger partial charge in [0.15, 0.2) is 12.1 Å². The van der Waals surface area contributed by atoms with Crippen molar-refractivity contribution in [2.75, 3.05) is 13.2 Å². The maximum absolute atomic E-state index is 13.4. The second-order valence-corrected chi connectivity index (χ2v) is 3.88. The second-order valence-electron chi connectivity index (χ2n) is 3.88. The summed E-state index contributed by atoms with van der Waals surface area (Å²) in [7, 11) is 0. The molecule has 0 atom stereocenters. The van der Waals surface area contributed by atoms with E-state index < -0.39 is 23.7 Å². The first-order chi connectivity index (χ1) is 8.08. The van der Waals surface area contributed by atoms with E-state index in [1.165, 1.54) is 13.0 Å². The lowest BCUT2D eigenvalue weighted by atomic mass is 10.0. The number of carbonyl (C=O) groups is 1. The van der Waals surface area contributed by atoms with Crippen LogP contribution in [0.15, 0.2) is 12.1 Å². The Labute approximate surface area is 97.3 Å². The Morgan fingerprint density at radius 1 is 1.29 bits per heavy atom. The molecule has 3 nitrogen and oxygen atoms in total. The minimum Gasteiger partial charge on any atom is -0.350 e. The average Bonchev–Trinajstić information content (AvgIpc) is 2.76. The van der Waals surface area contributed by atoms with Gasteiger partial charge in [0.1, 0.15) is 11.6 Å². The molecule has 2 rings (SSSR count). The molecule has 1 aromatic rings. The van der Waals surface area contributed by atoms with Crippen molar-refractivity contribution in [2.24, 2.45) is 0 Å². The summed E-state index contributed by atoms with van der Waals surface area (Å²) in [6, 6.07) is 1.93. The number of rotatable bonds is 3. The van der Waals surface area contributed by atoms with Crippen molar-refractivity contribution < 1.29 is 23.0 Å². The standard InChI is InChI=1S/C12H12F2O3/c1-7-4-8(10(14)5-9(7)13)11(15)6-12-16-2-3-17-12/h4-5,12H,2-3,6H2,1H3. The van der Waals surface area contributed by atoms with Gasteiger partial charge in [0.25, 0.3) is 0 Å². The van der Waals surface area contributed by atoms with Crippen LogP contribution in [-0.4, -0.2) is 25.3 Å². The molecular formula is C12H12F2O3. The number of ether oxygens (including phenoxy) is 2. The fourth-order valence-electron chi connectivity index (χ4n) is 1.66. The lowest BCUT2D eigenvalue weighted by molar-refractivity contribution is -0.0408. The van der Waals surface area contributed by atoms with Gasteiger partial charge in [0, 0.05) is 6.07 Å². The van der Waals surface area contributed by atoms with Crippen molar-refractivity contribution in [3.05, 3.63) is 34.9 Å². The molecule has 92 valence electrons. The van der Waals surface area contributed by atoms with E-state index in [2.05, 4.69) is 0 Å². The van der Waals surface area contributed by atoms with Gasteiger partial charge in [0.2, 0.25) is 0 Å². The van der Waals surface area contributed by atoms with Crippen molar-refractivity contribution in [1.82, 2.24) is 0 Å². The van der Waals surface area contributed by atoms with Crippen LogP contribution in [0.25, 0.3) is 0 Å². The molecule has 1 aliphatic rings. The Morgan fingerprint density at radius 3 is 2.59 bits per heavy atom. The van der Waals surface area contributed by atoms with Gasteiger partial charge in [0.05, 0.1) is 25.2 Å². The quantitative estimate of drug-likeness (QED) is 0.762. The minimum absolute atomic E-state index is 0.0536. The SMILES string of the molecule is Cc1cc(C(=O)CC2OCCO2)c(F)cc1F. The smallest absolute Gasteiger partial charge is 0.170 e. The number of aryl methyl sites for hydroxylation is 1. The first kappa shape index (κ1) is 12.1. The maximum atomic E-state index is 13.4. The molecule has 0 amide bonds. The highest BCUT2D eigenvalue weighted by atomic mass is 19.1. The molecule has 0 saturated carbocycles. The van der Waals surface area contributed by atoms with Gasteiger partial charge in [-0.1, -0.05) is 0 Å². The third kappa shape index (κ3) is 2.68. The van der Waals surface area contributed by atoms with Crippen molar-refractivity contribution in [1.29, 1.82) is 0 Å². The van der Waals surface area contributed by atoms with E-state index in [0.29, 0.717) is 13.2 Å². The number of hydrogen-bond donors (Lipinski definition) is 0. The molecule has 0 unspecified atom stereocenters. The van der Waals surface area contributed by atoms with E-state index in [1.54, 1.807) is 0 Å². The van der Waals surface area contributed by atoms with Crippen molar-refractivity contribution in [3.8, 4) is 0 Å². The molecular weight excluding hydrogens is 230 g/mol. The number of Topliss-reactive ketones (excluding diaryl/α,β-unsaturated/α-hetero) is 1. The monoisotopic (exact) mass is 242 g/mol. The topological polar surface area (TPSA) is 35.5 Å². The fraction of sp³-hybridized carbons (Fsp3) is 0.417. The molecule has 5 heteroatoms. The summed E-state index contributed by atoms with van der Waals surface area (Å²) in [6.45, 7) is 2.35. The third-order valence-electron chi connectivity index (χ3n) is 2.59. The average molecular weight is 242 g/mol. The van der Waals surface area contributed by atoms with Gasteiger partial charge in [-0.3, -0.25) is 4.79 Å². The summed E-state index contributed by atoms with van der Waals surface area (Å²) in [5.41, 5.74) is 0.117. The van der Waals surface area contributed by atoms with Gasteiger partial charge in [-0.05, 0) is 18.6 Å². The molecule has 0 N–H and O–H groups in total. The van der Waals surface area contributed by atoms with Crippen LogP contribution in [0.2, 0.25) is 0 Å². The lowest BCUT2D eigenvalue weighted by Crippen LogP contribution is -2.15. The first-order valence-electron chi connectivity index (χ1n) is 5.30. The molecule has 1 aromatic carbocycles. The summed E-state index contributed by atoms with van der Waals surface area (Å²) in [5.74, 6) is -1.96. The van der Waals surface area contributed by atoms with E-state index in [1.807, 2.05) is 0 Å². The van der Waals surface area contributed by atoms with Crippen molar-refractivity contribution in [2.45, 2.75) is 19.6 Å². The van der Waals surface area contributed by atoms with Crippen molar-refractivity contribution >= 4 is 5.78 Å². The zero-order valence-corrected chi connectivity index (χ0v) is 9.33. The molecule has 1 saturated heterocycles. The van der Waals surface area contributed by atoms with Crippen LogP contribution in [0.5, 0.6) is 0 Å². The van der Waals surface area contributed by atoms with E-state index in [9.17, 15) is 13.6 Å². The Morgan fingerprint density at radius 2 is 1.94 bits per heavy atom. The Hall–Kier alpha value is -1.33. The third-order valence-corrected chi connectivity index (χ3v) is 2.59. The van der Waals surface area contributed by atoms with Gasteiger partial charge in [-0.15, -0.1) is 0 Å². The lowest BCUT2D eigenvalue weighted by Gasteiger charge is -2.09. The van der Waals surface area contributed by atoms with Crippen LogP contribution in [0.1, 0.15) is 22.3 Å². The van der Waals surface area contributed by atoms with E-state index in [-0.39, 0.29) is 17.5 Å². The predicted molar refractivity (Wildman–Crippen MR) is 55.7 cm³/mol. The highest BCUT2D eigenvalue weighted by molar-refractivity contribution is 5.96. The fourth-order valence-corrected chi connectivity index (χ4v) is 1.66. The number of hydrogen-bond acceptors (Lipinski definition) is 3. The zero-order chi connectivity index (χ0) is 12.4. The van der Waals surface area contributed by atoms with E-state index >= 15 is 0 Å². The number of carbonyl (C=O) groups excluding carboxylic acids is 1. The van der Waals surface area contributed by atoms with Gasteiger partial charge in [-0.2, -0.15) is 0 Å². The summed E-state index contributed by atoms with van der Waals surface area (Å²) in [6.07, 6.45) is -0.672. The van der Waals surface area contributed by atoms with Crippen LogP contribution >= 0.6 is 0 Å². The first-order valence-corrected chi connectivity index (χ1v) is 5.30. The maximum Gasteiger partial charge on any atom is 0.170 e. The Bertz CT molecular complexity index is 440. The van der Waals surface area contributed by atoms with Crippen LogP contribution in [-0.2, 0) is 9.47 Å². The zero-order valence-electron chi connectivity index (χ0n) is 9.33. The number of halogens is 2. The van der Waals surface area contributed by atoms with Crippen LogP contribution in [0.4, 0.5) is 8.78 Å². The molecule has 17 heavy (non-hydrogen) atoms. The molecule has 0 spiro atoms. The van der Waals surface area contributed by atoms with Crippen molar-refractivity contribution in [3.63, 3.8) is 0 Å². The van der Waals surface area contributed by atoms with Gasteiger partial charge in [-0.25, -0.2) is 8.78 Å². The van der Waals surface area contributed by atoms with Crippen LogP contribution in [0, 0.1) is 18.6 Å². The Kier molecular flexibility index (Phi) is 3.49. The molecule has 1 aliphatic heterocycles. The van der Waals surface area contributed by atoms with E-state index in [4.69, 9.17) is 9.47 Å².